The second kappa shape index (κ2) is 7.95. The standard InChI is InChI=1S/C17H25BrN2O/c1-13-10-15(18)11-14-7-9-20(12-16(13)14)17(21)6-4-2-3-5-8-19/h10-11H,2-9,12,19H2,1H3. The van der Waals surface area contributed by atoms with Crippen LogP contribution in [-0.4, -0.2) is 23.9 Å². The predicted molar refractivity (Wildman–Crippen MR) is 90.1 cm³/mol. The van der Waals surface area contributed by atoms with E-state index >= 15 is 0 Å². The van der Waals surface area contributed by atoms with Crippen molar-refractivity contribution >= 4 is 21.8 Å². The molecule has 1 aromatic carbocycles. The van der Waals surface area contributed by atoms with Crippen LogP contribution in [0.2, 0.25) is 0 Å². The molecule has 1 aliphatic heterocycles. The van der Waals surface area contributed by atoms with Crippen LogP contribution in [-0.2, 0) is 17.8 Å². The highest BCUT2D eigenvalue weighted by atomic mass is 79.9. The number of amides is 1. The number of fused-ring (bicyclic) bond motifs is 1. The first-order valence-corrected chi connectivity index (χ1v) is 8.67. The van der Waals surface area contributed by atoms with Gasteiger partial charge in [-0.05, 0) is 61.6 Å². The molecule has 0 saturated carbocycles. The summed E-state index contributed by atoms with van der Waals surface area (Å²) in [5.41, 5.74) is 9.47. The van der Waals surface area contributed by atoms with Gasteiger partial charge in [-0.25, -0.2) is 0 Å². The zero-order valence-electron chi connectivity index (χ0n) is 12.8. The van der Waals surface area contributed by atoms with E-state index in [9.17, 15) is 4.79 Å². The van der Waals surface area contributed by atoms with Crippen molar-refractivity contribution in [3.8, 4) is 0 Å². The summed E-state index contributed by atoms with van der Waals surface area (Å²) in [6.45, 7) is 4.51. The lowest BCUT2D eigenvalue weighted by atomic mass is 9.95. The first-order chi connectivity index (χ1) is 10.1. The largest absolute Gasteiger partial charge is 0.338 e. The van der Waals surface area contributed by atoms with Crippen LogP contribution in [0.15, 0.2) is 16.6 Å². The molecule has 1 aliphatic rings. The fraction of sp³-hybridized carbons (Fsp3) is 0.588. The fourth-order valence-corrected chi connectivity index (χ4v) is 3.58. The van der Waals surface area contributed by atoms with Crippen LogP contribution in [0.4, 0.5) is 0 Å². The maximum atomic E-state index is 12.3. The number of unbranched alkanes of at least 4 members (excludes halogenated alkanes) is 3. The zero-order valence-corrected chi connectivity index (χ0v) is 14.4. The van der Waals surface area contributed by atoms with Crippen molar-refractivity contribution in [2.24, 2.45) is 5.73 Å². The van der Waals surface area contributed by atoms with Crippen molar-refractivity contribution in [2.45, 2.75) is 52.0 Å². The average Bonchev–Trinajstić information content (AvgIpc) is 2.46. The van der Waals surface area contributed by atoms with E-state index < -0.39 is 0 Å². The van der Waals surface area contributed by atoms with Crippen LogP contribution in [0, 0.1) is 6.92 Å². The molecule has 3 nitrogen and oxygen atoms in total. The molecule has 0 fully saturated rings. The molecule has 0 unspecified atom stereocenters. The second-order valence-electron chi connectivity index (χ2n) is 5.88. The van der Waals surface area contributed by atoms with Gasteiger partial charge in [0.05, 0.1) is 0 Å². The molecule has 1 heterocycles. The lowest BCUT2D eigenvalue weighted by molar-refractivity contribution is -0.132. The molecule has 116 valence electrons. The number of benzene rings is 1. The maximum absolute atomic E-state index is 12.3. The van der Waals surface area contributed by atoms with Gasteiger partial charge in [-0.1, -0.05) is 28.8 Å². The van der Waals surface area contributed by atoms with E-state index in [2.05, 4.69) is 35.0 Å². The van der Waals surface area contributed by atoms with E-state index in [4.69, 9.17) is 5.73 Å². The molecule has 0 atom stereocenters. The van der Waals surface area contributed by atoms with Crippen molar-refractivity contribution in [3.05, 3.63) is 33.3 Å². The second-order valence-corrected chi connectivity index (χ2v) is 6.79. The number of carbonyl (C=O) groups excluding carboxylic acids is 1. The Morgan fingerprint density at radius 3 is 2.81 bits per heavy atom. The highest BCUT2D eigenvalue weighted by Gasteiger charge is 2.21. The van der Waals surface area contributed by atoms with Crippen molar-refractivity contribution in [1.29, 1.82) is 0 Å². The highest BCUT2D eigenvalue weighted by Crippen LogP contribution is 2.27. The summed E-state index contributed by atoms with van der Waals surface area (Å²) in [7, 11) is 0. The Hall–Kier alpha value is -0.870. The van der Waals surface area contributed by atoms with Crippen LogP contribution in [0.1, 0.15) is 48.8 Å². The van der Waals surface area contributed by atoms with Crippen LogP contribution < -0.4 is 5.73 Å². The van der Waals surface area contributed by atoms with Gasteiger partial charge in [0.25, 0.3) is 0 Å². The number of rotatable bonds is 6. The molecule has 2 N–H and O–H groups in total. The number of halogens is 1. The first-order valence-electron chi connectivity index (χ1n) is 7.87. The molecule has 4 heteroatoms. The molecule has 0 aromatic heterocycles. The Kier molecular flexibility index (Phi) is 6.24. The number of hydrogen-bond donors (Lipinski definition) is 1. The monoisotopic (exact) mass is 352 g/mol. The third kappa shape index (κ3) is 4.55. The summed E-state index contributed by atoms with van der Waals surface area (Å²) < 4.78 is 1.14. The van der Waals surface area contributed by atoms with Gasteiger partial charge < -0.3 is 10.6 Å². The minimum Gasteiger partial charge on any atom is -0.338 e. The third-order valence-corrected chi connectivity index (χ3v) is 4.69. The molecule has 0 aliphatic carbocycles. The van der Waals surface area contributed by atoms with Gasteiger partial charge in [0.15, 0.2) is 0 Å². The lowest BCUT2D eigenvalue weighted by Crippen LogP contribution is -2.36. The van der Waals surface area contributed by atoms with E-state index in [0.717, 1.165) is 56.2 Å². The van der Waals surface area contributed by atoms with Gasteiger partial charge in [-0.2, -0.15) is 0 Å². The Morgan fingerprint density at radius 2 is 2.05 bits per heavy atom. The first kappa shape index (κ1) is 16.5. The van der Waals surface area contributed by atoms with Gasteiger partial charge in [0.2, 0.25) is 5.91 Å². The van der Waals surface area contributed by atoms with Crippen molar-refractivity contribution < 1.29 is 4.79 Å². The fourth-order valence-electron chi connectivity index (χ4n) is 2.96. The summed E-state index contributed by atoms with van der Waals surface area (Å²) in [6.07, 6.45) is 5.95. The zero-order chi connectivity index (χ0) is 15.2. The number of carbonyl (C=O) groups is 1. The summed E-state index contributed by atoms with van der Waals surface area (Å²) in [6, 6.07) is 4.33. The number of aryl methyl sites for hydroxylation is 1. The molecule has 0 spiro atoms. The molecular weight excluding hydrogens is 328 g/mol. The number of nitrogens with zero attached hydrogens (tertiary/aromatic N) is 1. The minimum atomic E-state index is 0.302. The van der Waals surface area contributed by atoms with Crippen molar-refractivity contribution in [3.63, 3.8) is 0 Å². The average molecular weight is 353 g/mol. The topological polar surface area (TPSA) is 46.3 Å². The van der Waals surface area contributed by atoms with Crippen LogP contribution in [0.3, 0.4) is 0 Å². The van der Waals surface area contributed by atoms with E-state index in [1.54, 1.807) is 0 Å². The quantitative estimate of drug-likeness (QED) is 0.795. The Balaban J connectivity index is 1.87. The maximum Gasteiger partial charge on any atom is 0.222 e. The van der Waals surface area contributed by atoms with E-state index in [1.165, 1.54) is 16.7 Å². The normalized spacial score (nSPS) is 14.1. The van der Waals surface area contributed by atoms with E-state index in [-0.39, 0.29) is 0 Å². The molecule has 0 saturated heterocycles. The number of hydrogen-bond acceptors (Lipinski definition) is 2. The van der Waals surface area contributed by atoms with E-state index in [0.29, 0.717) is 12.3 Å². The molecule has 1 amide bonds. The minimum absolute atomic E-state index is 0.302. The van der Waals surface area contributed by atoms with Crippen molar-refractivity contribution in [2.75, 3.05) is 13.1 Å². The molecule has 21 heavy (non-hydrogen) atoms. The van der Waals surface area contributed by atoms with Crippen LogP contribution in [0.25, 0.3) is 0 Å². The lowest BCUT2D eigenvalue weighted by Gasteiger charge is -2.30. The van der Waals surface area contributed by atoms with Gasteiger partial charge >= 0.3 is 0 Å². The Morgan fingerprint density at radius 1 is 1.29 bits per heavy atom. The summed E-state index contributed by atoms with van der Waals surface area (Å²) >= 11 is 3.55. The summed E-state index contributed by atoms with van der Waals surface area (Å²) in [5, 5.41) is 0. The van der Waals surface area contributed by atoms with Crippen molar-refractivity contribution in [1.82, 2.24) is 4.90 Å². The highest BCUT2D eigenvalue weighted by molar-refractivity contribution is 9.10. The molecular formula is C17H25BrN2O. The van der Waals surface area contributed by atoms with E-state index in [1.807, 2.05) is 4.90 Å². The van der Waals surface area contributed by atoms with Crippen LogP contribution >= 0.6 is 15.9 Å². The Labute approximate surface area is 136 Å². The van der Waals surface area contributed by atoms with Gasteiger partial charge in [0.1, 0.15) is 0 Å². The number of nitrogens with two attached hydrogens (primary N) is 1. The smallest absolute Gasteiger partial charge is 0.222 e. The SMILES string of the molecule is Cc1cc(Br)cc2c1CN(C(=O)CCCCCCN)CC2. The molecule has 0 bridgehead atoms. The molecule has 1 aromatic rings. The molecule has 0 radical (unpaired) electrons. The van der Waals surface area contributed by atoms with Crippen LogP contribution in [0.5, 0.6) is 0 Å². The van der Waals surface area contributed by atoms with Gasteiger partial charge in [-0.15, -0.1) is 0 Å². The van der Waals surface area contributed by atoms with Gasteiger partial charge in [0, 0.05) is 24.0 Å². The predicted octanol–water partition coefficient (Wildman–Crippen LogP) is 3.55. The summed E-state index contributed by atoms with van der Waals surface area (Å²) in [5.74, 6) is 0.302. The molecule has 2 rings (SSSR count). The Bertz CT molecular complexity index is 502. The summed E-state index contributed by atoms with van der Waals surface area (Å²) in [4.78, 5) is 14.3. The van der Waals surface area contributed by atoms with Gasteiger partial charge in [-0.3, -0.25) is 4.79 Å². The third-order valence-electron chi connectivity index (χ3n) is 4.23.